The molecule has 1 amide bonds. The van der Waals surface area contributed by atoms with Gasteiger partial charge in [0.05, 0.1) is 0 Å². The van der Waals surface area contributed by atoms with E-state index in [9.17, 15) is 4.79 Å². The first-order chi connectivity index (χ1) is 5.22. The van der Waals surface area contributed by atoms with Crippen LogP contribution in [0.25, 0.3) is 0 Å². The van der Waals surface area contributed by atoms with Crippen LogP contribution in [0.15, 0.2) is 0 Å². The Bertz CT molecular complexity index is 111. The van der Waals surface area contributed by atoms with Crippen molar-refractivity contribution >= 4 is 5.91 Å². The Labute approximate surface area is 70.6 Å². The van der Waals surface area contributed by atoms with Gasteiger partial charge in [0.25, 0.3) is 0 Å². The lowest BCUT2D eigenvalue weighted by Crippen LogP contribution is -2.19. The molecule has 2 heteroatoms. The van der Waals surface area contributed by atoms with Gasteiger partial charge in [-0.1, -0.05) is 33.1 Å². The van der Waals surface area contributed by atoms with Gasteiger partial charge in [0.1, 0.15) is 0 Å². The van der Waals surface area contributed by atoms with Crippen LogP contribution in [-0.2, 0) is 4.79 Å². The minimum Gasteiger partial charge on any atom is -0.369 e. The van der Waals surface area contributed by atoms with Gasteiger partial charge in [0.15, 0.2) is 0 Å². The molecule has 0 aromatic carbocycles. The number of amides is 1. The molecule has 1 rings (SSSR count). The molecule has 68 valence electrons. The predicted octanol–water partition coefficient (Wildman–Crippen LogP) is 2.32. The van der Waals surface area contributed by atoms with Crippen molar-refractivity contribution in [3.8, 4) is 0 Å². The topological polar surface area (TPSA) is 43.1 Å². The van der Waals surface area contributed by atoms with Crippen LogP contribution in [0, 0.1) is 5.92 Å². The molecule has 1 saturated carbocycles. The minimum absolute atomic E-state index is 0. The molecule has 1 aliphatic carbocycles. The van der Waals surface area contributed by atoms with Gasteiger partial charge < -0.3 is 5.73 Å². The summed E-state index contributed by atoms with van der Waals surface area (Å²) in [4.78, 5) is 10.4. The Morgan fingerprint density at radius 2 is 1.82 bits per heavy atom. The van der Waals surface area contributed by atoms with Crippen LogP contribution in [0.1, 0.15) is 47.4 Å². The monoisotopic (exact) mass is 159 g/mol. The molecule has 0 spiro atoms. The first kappa shape index (κ1) is 10.5. The van der Waals surface area contributed by atoms with Crippen LogP contribution < -0.4 is 5.73 Å². The number of hydrogen-bond acceptors (Lipinski definition) is 1. The lowest BCUT2D eigenvalue weighted by atomic mass is 10.1. The molecule has 0 aromatic rings. The molecule has 1 aliphatic rings. The summed E-state index contributed by atoms with van der Waals surface area (Å²) in [7, 11) is 0. The van der Waals surface area contributed by atoms with Crippen LogP contribution in [-0.4, -0.2) is 5.91 Å². The molecule has 0 aromatic heterocycles. The Hall–Kier alpha value is -0.530. The van der Waals surface area contributed by atoms with Crippen molar-refractivity contribution in [2.75, 3.05) is 0 Å². The molecule has 0 unspecified atom stereocenters. The zero-order valence-corrected chi connectivity index (χ0v) is 7.60. The predicted molar refractivity (Wildman–Crippen MR) is 49.2 cm³/mol. The van der Waals surface area contributed by atoms with Crippen molar-refractivity contribution in [3.05, 3.63) is 0 Å². The summed E-state index contributed by atoms with van der Waals surface area (Å²) in [5, 5.41) is 0. The molecule has 0 aliphatic heterocycles. The van der Waals surface area contributed by atoms with E-state index in [0.29, 0.717) is 0 Å². The van der Waals surface area contributed by atoms with Crippen molar-refractivity contribution in [2.45, 2.75) is 46.0 Å². The maximum absolute atomic E-state index is 10.4. The average Bonchev–Trinajstić information content (AvgIpc) is 2.38. The fraction of sp³-hybridized carbons (Fsp3) is 0.889. The lowest BCUT2D eigenvalue weighted by molar-refractivity contribution is -0.121. The average molecular weight is 159 g/mol. The number of carbonyl (C=O) groups is 1. The largest absolute Gasteiger partial charge is 0.369 e. The highest BCUT2D eigenvalue weighted by atomic mass is 16.1. The van der Waals surface area contributed by atoms with E-state index in [4.69, 9.17) is 5.73 Å². The van der Waals surface area contributed by atoms with Gasteiger partial charge in [-0.25, -0.2) is 0 Å². The van der Waals surface area contributed by atoms with Crippen molar-refractivity contribution < 1.29 is 6.22 Å². The van der Waals surface area contributed by atoms with E-state index >= 15 is 0 Å². The summed E-state index contributed by atoms with van der Waals surface area (Å²) in [5.41, 5.74) is 5.06. The van der Waals surface area contributed by atoms with Crippen LogP contribution >= 0.6 is 0 Å². The second kappa shape index (κ2) is 6.20. The SMILES string of the molecule is CCC.NC(=O)C1CCCC1.[HH]. The quantitative estimate of drug-likeness (QED) is 0.627. The van der Waals surface area contributed by atoms with E-state index in [1.165, 1.54) is 19.3 Å². The zero-order chi connectivity index (χ0) is 8.69. The minimum atomic E-state index is -0.109. The van der Waals surface area contributed by atoms with Gasteiger partial charge in [-0.3, -0.25) is 4.79 Å². The standard InChI is InChI=1S/C6H11NO.C3H8.H2/c7-6(8)5-3-1-2-4-5;1-3-2;/h5H,1-4H2,(H2,7,8);3H2,1-2H3;1H. The van der Waals surface area contributed by atoms with E-state index < -0.39 is 0 Å². The summed E-state index contributed by atoms with van der Waals surface area (Å²) in [6.45, 7) is 4.25. The zero-order valence-electron chi connectivity index (χ0n) is 7.60. The Morgan fingerprint density at radius 3 is 2.00 bits per heavy atom. The van der Waals surface area contributed by atoms with Crippen molar-refractivity contribution in [2.24, 2.45) is 11.7 Å². The third kappa shape index (κ3) is 4.82. The summed E-state index contributed by atoms with van der Waals surface area (Å²) >= 11 is 0. The number of hydrogen-bond donors (Lipinski definition) is 1. The number of rotatable bonds is 1. The van der Waals surface area contributed by atoms with Gasteiger partial charge in [0.2, 0.25) is 5.91 Å². The molecule has 0 atom stereocenters. The molecule has 0 heterocycles. The van der Waals surface area contributed by atoms with Crippen molar-refractivity contribution in [1.29, 1.82) is 0 Å². The highest BCUT2D eigenvalue weighted by Crippen LogP contribution is 2.23. The molecule has 1 fully saturated rings. The van der Waals surface area contributed by atoms with Crippen molar-refractivity contribution in [1.82, 2.24) is 0 Å². The maximum atomic E-state index is 10.4. The van der Waals surface area contributed by atoms with Crippen LogP contribution in [0.2, 0.25) is 0 Å². The summed E-state index contributed by atoms with van der Waals surface area (Å²) in [6.07, 6.45) is 5.67. The molecular weight excluding hydrogens is 138 g/mol. The molecule has 0 bridgehead atoms. The summed E-state index contributed by atoms with van der Waals surface area (Å²) in [5.74, 6) is 0.0949. The summed E-state index contributed by atoms with van der Waals surface area (Å²) in [6, 6.07) is 0. The first-order valence-corrected chi connectivity index (χ1v) is 4.51. The third-order valence-electron chi connectivity index (χ3n) is 1.76. The number of primary amides is 1. The van der Waals surface area contributed by atoms with E-state index in [2.05, 4.69) is 13.8 Å². The molecule has 2 nitrogen and oxygen atoms in total. The molecule has 0 radical (unpaired) electrons. The van der Waals surface area contributed by atoms with E-state index in [1.807, 2.05) is 0 Å². The summed E-state index contributed by atoms with van der Waals surface area (Å²) < 4.78 is 0. The van der Waals surface area contributed by atoms with Gasteiger partial charge in [-0.15, -0.1) is 0 Å². The second-order valence-electron chi connectivity index (χ2n) is 3.09. The molecule has 11 heavy (non-hydrogen) atoms. The van der Waals surface area contributed by atoms with E-state index in [-0.39, 0.29) is 13.3 Å². The van der Waals surface area contributed by atoms with E-state index in [0.717, 1.165) is 12.8 Å². The molecule has 2 N–H and O–H groups in total. The van der Waals surface area contributed by atoms with Crippen LogP contribution in [0.4, 0.5) is 0 Å². The normalized spacial score (nSPS) is 17.3. The second-order valence-corrected chi connectivity index (χ2v) is 3.09. The Balaban J connectivity index is 0. The van der Waals surface area contributed by atoms with Crippen LogP contribution in [0.5, 0.6) is 0 Å². The van der Waals surface area contributed by atoms with Gasteiger partial charge >= 0.3 is 0 Å². The van der Waals surface area contributed by atoms with Gasteiger partial charge in [0, 0.05) is 7.34 Å². The Kier molecular flexibility index (Phi) is 5.90. The molecular formula is C9H21NO. The maximum Gasteiger partial charge on any atom is 0.220 e. The lowest BCUT2D eigenvalue weighted by Gasteiger charge is -1.98. The highest BCUT2D eigenvalue weighted by Gasteiger charge is 2.19. The van der Waals surface area contributed by atoms with Gasteiger partial charge in [-0.05, 0) is 12.8 Å². The number of carbonyl (C=O) groups excluding carboxylic acids is 1. The molecule has 0 saturated heterocycles. The fourth-order valence-electron chi connectivity index (χ4n) is 1.21. The Morgan fingerprint density at radius 1 is 1.45 bits per heavy atom. The van der Waals surface area contributed by atoms with Gasteiger partial charge in [-0.2, -0.15) is 0 Å². The smallest absolute Gasteiger partial charge is 0.220 e. The fourth-order valence-corrected chi connectivity index (χ4v) is 1.21. The first-order valence-electron chi connectivity index (χ1n) is 4.51. The van der Waals surface area contributed by atoms with Crippen molar-refractivity contribution in [3.63, 3.8) is 0 Å². The third-order valence-corrected chi connectivity index (χ3v) is 1.76. The number of nitrogens with two attached hydrogens (primary N) is 1. The van der Waals surface area contributed by atoms with E-state index in [1.54, 1.807) is 0 Å². The highest BCUT2D eigenvalue weighted by molar-refractivity contribution is 5.76. The van der Waals surface area contributed by atoms with Crippen LogP contribution in [0.3, 0.4) is 0 Å².